The second kappa shape index (κ2) is 8.02. The fourth-order valence-electron chi connectivity index (χ4n) is 3.68. The van der Waals surface area contributed by atoms with Crippen LogP contribution < -0.4 is 15.4 Å². The summed E-state index contributed by atoms with van der Waals surface area (Å²) >= 11 is 0. The molecule has 0 aliphatic carbocycles. The van der Waals surface area contributed by atoms with Gasteiger partial charge in [0.2, 0.25) is 0 Å². The largest absolute Gasteiger partial charge is 0.489 e. The van der Waals surface area contributed by atoms with Crippen LogP contribution in [-0.4, -0.2) is 35.7 Å². The first-order valence-corrected chi connectivity index (χ1v) is 9.73. The van der Waals surface area contributed by atoms with Gasteiger partial charge in [0.15, 0.2) is 0 Å². The highest BCUT2D eigenvalue weighted by molar-refractivity contribution is 5.93. The fourth-order valence-corrected chi connectivity index (χ4v) is 3.68. The molecule has 4 rings (SSSR count). The molecule has 1 aliphatic rings. The van der Waals surface area contributed by atoms with Crippen molar-refractivity contribution in [1.82, 2.24) is 15.2 Å². The van der Waals surface area contributed by atoms with Crippen LogP contribution in [0.3, 0.4) is 0 Å². The smallest absolute Gasteiger partial charge is 0.326 e. The Hall–Kier alpha value is -3.00. The monoisotopic (exact) mass is 417 g/mol. The van der Waals surface area contributed by atoms with Crippen LogP contribution in [0.4, 0.5) is 18.0 Å². The van der Waals surface area contributed by atoms with Gasteiger partial charge in [0, 0.05) is 22.7 Å². The lowest BCUT2D eigenvalue weighted by atomic mass is 10.0. The number of halogens is 3. The van der Waals surface area contributed by atoms with Crippen molar-refractivity contribution >= 4 is 16.9 Å². The number of nitrogens with one attached hydrogen (secondary N) is 2. The molecule has 0 bridgehead atoms. The third kappa shape index (κ3) is 4.00. The number of ether oxygens (including phenoxy) is 1. The third-order valence-corrected chi connectivity index (χ3v) is 5.29. The van der Waals surface area contributed by atoms with E-state index in [-0.39, 0.29) is 18.8 Å². The summed E-state index contributed by atoms with van der Waals surface area (Å²) in [6.45, 7) is 1.72. The molecular formula is C22H22F3N3O2. The van der Waals surface area contributed by atoms with Crippen molar-refractivity contribution in [2.45, 2.75) is 31.9 Å². The zero-order valence-corrected chi connectivity index (χ0v) is 16.4. The van der Waals surface area contributed by atoms with Crippen molar-refractivity contribution < 1.29 is 22.7 Å². The fraction of sp³-hybridized carbons (Fsp3) is 0.318. The molecule has 2 N–H and O–H groups in total. The van der Waals surface area contributed by atoms with Crippen molar-refractivity contribution in [2.24, 2.45) is 0 Å². The number of nitrogens with zero attached hydrogens (tertiary/aromatic N) is 1. The molecule has 1 fully saturated rings. The van der Waals surface area contributed by atoms with Crippen LogP contribution in [0.15, 0.2) is 48.5 Å². The lowest BCUT2D eigenvalue weighted by Crippen LogP contribution is -2.57. The Morgan fingerprint density at radius 1 is 1.27 bits per heavy atom. The van der Waals surface area contributed by atoms with E-state index in [1.807, 2.05) is 0 Å². The number of aryl methyl sites for hydroxylation is 1. The molecule has 8 heteroatoms. The molecular weight excluding hydrogens is 395 g/mol. The van der Waals surface area contributed by atoms with Crippen molar-refractivity contribution in [2.75, 3.05) is 13.1 Å². The summed E-state index contributed by atoms with van der Waals surface area (Å²) in [5, 5.41) is 5.89. The van der Waals surface area contributed by atoms with E-state index in [1.54, 1.807) is 49.4 Å². The first kappa shape index (κ1) is 20.3. The maximum Gasteiger partial charge on any atom is 0.326 e. The lowest BCUT2D eigenvalue weighted by molar-refractivity contribution is -0.0473. The molecule has 1 amide bonds. The number of carbonyl (C=O) groups is 1. The maximum atomic E-state index is 14.1. The van der Waals surface area contributed by atoms with Gasteiger partial charge in [0.25, 0.3) is 5.92 Å². The van der Waals surface area contributed by atoms with Crippen LogP contribution in [0.1, 0.15) is 17.7 Å². The number of piperidine rings is 1. The van der Waals surface area contributed by atoms with E-state index in [0.717, 1.165) is 5.39 Å². The summed E-state index contributed by atoms with van der Waals surface area (Å²) in [7, 11) is 0. The number of benzene rings is 2. The first-order chi connectivity index (χ1) is 14.3. The average molecular weight is 417 g/mol. The predicted octanol–water partition coefficient (Wildman–Crippen LogP) is 4.22. The Kier molecular flexibility index (Phi) is 5.42. The minimum absolute atomic E-state index is 0.0331. The number of carbonyl (C=O) groups excluding carboxylic acids is 1. The van der Waals surface area contributed by atoms with E-state index in [0.29, 0.717) is 29.1 Å². The van der Waals surface area contributed by atoms with Crippen molar-refractivity contribution in [3.05, 3.63) is 65.6 Å². The summed E-state index contributed by atoms with van der Waals surface area (Å²) < 4.78 is 49.1. The van der Waals surface area contributed by atoms with E-state index in [1.165, 1.54) is 10.6 Å². The molecule has 158 valence electrons. The third-order valence-electron chi connectivity index (χ3n) is 5.29. The molecule has 2 heterocycles. The van der Waals surface area contributed by atoms with Gasteiger partial charge in [0.05, 0.1) is 18.1 Å². The van der Waals surface area contributed by atoms with Crippen molar-refractivity contribution in [1.29, 1.82) is 0 Å². The Morgan fingerprint density at radius 3 is 2.83 bits per heavy atom. The second-order valence-electron chi connectivity index (χ2n) is 7.45. The number of rotatable bonds is 4. The number of fused-ring (bicyclic) bond motifs is 1. The molecule has 0 saturated carbocycles. The topological polar surface area (TPSA) is 55.3 Å². The van der Waals surface area contributed by atoms with Gasteiger partial charge in [-0.2, -0.15) is 0 Å². The van der Waals surface area contributed by atoms with Gasteiger partial charge in [-0.05, 0) is 44.2 Å². The van der Waals surface area contributed by atoms with Crippen molar-refractivity contribution in [3.8, 4) is 5.75 Å². The van der Waals surface area contributed by atoms with E-state index in [4.69, 9.17) is 4.74 Å². The number of hydrogen-bond donors (Lipinski definition) is 2. The Morgan fingerprint density at radius 2 is 2.07 bits per heavy atom. The minimum atomic E-state index is -3.02. The number of hydrogen-bond acceptors (Lipinski definition) is 3. The molecule has 3 aromatic rings. The predicted molar refractivity (Wildman–Crippen MR) is 108 cm³/mol. The highest BCUT2D eigenvalue weighted by Crippen LogP contribution is 2.27. The molecule has 1 saturated heterocycles. The van der Waals surface area contributed by atoms with Gasteiger partial charge in [-0.25, -0.2) is 18.0 Å². The zero-order chi connectivity index (χ0) is 21.3. The summed E-state index contributed by atoms with van der Waals surface area (Å²) in [6.07, 6.45) is 0.147. The summed E-state index contributed by atoms with van der Waals surface area (Å²) in [6, 6.07) is 11.4. The molecule has 1 atom stereocenters. The Bertz CT molecular complexity index is 1080. The standard InChI is InChI=1S/C22H22F3N3O2/c1-14-10-15-6-7-17(30-12-16-4-2-3-5-18(16)23)11-19(15)28(14)21(29)27-20-8-9-26-13-22(20,24)25/h2-7,10-11,20,26H,8-9,12-13H2,1H3,(H,27,29). The SMILES string of the molecule is Cc1cc2ccc(OCc3ccccc3F)cc2n1C(=O)NC1CCNCC1(F)F. The van der Waals surface area contributed by atoms with Gasteiger partial charge in [-0.1, -0.05) is 18.2 Å². The normalized spacial score (nSPS) is 18.3. The maximum absolute atomic E-state index is 14.1. The molecule has 1 unspecified atom stereocenters. The van der Waals surface area contributed by atoms with Crippen molar-refractivity contribution in [3.63, 3.8) is 0 Å². The highest BCUT2D eigenvalue weighted by atomic mass is 19.3. The molecule has 1 aliphatic heterocycles. The number of amides is 1. The summed E-state index contributed by atoms with van der Waals surface area (Å²) in [5.74, 6) is -2.93. The quantitative estimate of drug-likeness (QED) is 0.668. The van der Waals surface area contributed by atoms with E-state index in [9.17, 15) is 18.0 Å². The minimum Gasteiger partial charge on any atom is -0.489 e. The molecule has 0 spiro atoms. The second-order valence-corrected chi connectivity index (χ2v) is 7.45. The Labute approximate surface area is 171 Å². The first-order valence-electron chi connectivity index (χ1n) is 9.73. The highest BCUT2D eigenvalue weighted by Gasteiger charge is 2.42. The molecule has 5 nitrogen and oxygen atoms in total. The van der Waals surface area contributed by atoms with Gasteiger partial charge in [-0.15, -0.1) is 0 Å². The molecule has 0 radical (unpaired) electrons. The van der Waals surface area contributed by atoms with Crippen LogP contribution in [0.2, 0.25) is 0 Å². The van der Waals surface area contributed by atoms with Crippen LogP contribution in [0, 0.1) is 12.7 Å². The van der Waals surface area contributed by atoms with E-state index < -0.39 is 24.5 Å². The van der Waals surface area contributed by atoms with Gasteiger partial charge in [0.1, 0.15) is 18.2 Å². The molecule has 1 aromatic heterocycles. The molecule has 2 aromatic carbocycles. The van der Waals surface area contributed by atoms with Gasteiger partial charge < -0.3 is 15.4 Å². The van der Waals surface area contributed by atoms with Gasteiger partial charge >= 0.3 is 6.03 Å². The number of alkyl halides is 2. The van der Waals surface area contributed by atoms with Crippen LogP contribution in [-0.2, 0) is 6.61 Å². The van der Waals surface area contributed by atoms with E-state index >= 15 is 0 Å². The Balaban J connectivity index is 1.57. The zero-order valence-electron chi connectivity index (χ0n) is 16.4. The van der Waals surface area contributed by atoms with Crippen LogP contribution >= 0.6 is 0 Å². The van der Waals surface area contributed by atoms with Crippen LogP contribution in [0.25, 0.3) is 10.9 Å². The van der Waals surface area contributed by atoms with Crippen LogP contribution in [0.5, 0.6) is 5.75 Å². The molecule has 30 heavy (non-hydrogen) atoms. The number of aromatic nitrogens is 1. The summed E-state index contributed by atoms with van der Waals surface area (Å²) in [4.78, 5) is 12.8. The lowest BCUT2D eigenvalue weighted by Gasteiger charge is -2.32. The van der Waals surface area contributed by atoms with E-state index in [2.05, 4.69) is 10.6 Å². The van der Waals surface area contributed by atoms with Gasteiger partial charge in [-0.3, -0.25) is 4.57 Å². The summed E-state index contributed by atoms with van der Waals surface area (Å²) in [5.41, 5.74) is 1.56. The average Bonchev–Trinajstić information content (AvgIpc) is 3.04.